The number of hydrogen-bond donors (Lipinski definition) is 0. The van der Waals surface area contributed by atoms with Gasteiger partial charge in [-0.25, -0.2) is 0 Å². The molecule has 0 spiro atoms. The summed E-state index contributed by atoms with van der Waals surface area (Å²) in [5.41, 5.74) is 1.97. The van der Waals surface area contributed by atoms with Crippen molar-refractivity contribution in [2.45, 2.75) is 68.0 Å². The van der Waals surface area contributed by atoms with Crippen molar-refractivity contribution in [1.82, 2.24) is 0 Å². The minimum absolute atomic E-state index is 0.0842. The highest BCUT2D eigenvalue weighted by Crippen LogP contribution is 2.44. The topological polar surface area (TPSA) is 86.7 Å². The molecule has 0 amide bonds. The van der Waals surface area contributed by atoms with Crippen molar-refractivity contribution in [2.75, 3.05) is 0 Å². The lowest BCUT2D eigenvalue weighted by Crippen LogP contribution is -2.43. The lowest BCUT2D eigenvalue weighted by molar-refractivity contribution is -0.0135. The van der Waals surface area contributed by atoms with Gasteiger partial charge >= 0.3 is 0 Å². The Bertz CT molecular complexity index is 1030. The molecule has 0 radical (unpaired) electrons. The lowest BCUT2D eigenvalue weighted by Gasteiger charge is -2.43. The average molecular weight is 465 g/mol. The van der Waals surface area contributed by atoms with Gasteiger partial charge in [0, 0.05) is 0 Å². The number of benzene rings is 2. The second kappa shape index (κ2) is 8.65. The van der Waals surface area contributed by atoms with Gasteiger partial charge in [0.25, 0.3) is 20.2 Å². The van der Waals surface area contributed by atoms with Crippen LogP contribution < -0.4 is 0 Å². The summed E-state index contributed by atoms with van der Waals surface area (Å²) < 4.78 is 62.0. The van der Waals surface area contributed by atoms with Gasteiger partial charge in [-0.15, -0.1) is 0 Å². The van der Waals surface area contributed by atoms with Gasteiger partial charge in [0.1, 0.15) is 0 Å². The number of hydrogen-bond acceptors (Lipinski definition) is 6. The van der Waals surface area contributed by atoms with Gasteiger partial charge in [-0.3, -0.25) is 8.37 Å². The Labute approximate surface area is 184 Å². The Morgan fingerprint density at radius 2 is 0.968 bits per heavy atom. The van der Waals surface area contributed by atoms with Gasteiger partial charge in [0.05, 0.1) is 22.0 Å². The fourth-order valence-corrected chi connectivity index (χ4v) is 6.95. The third-order valence-electron chi connectivity index (χ3n) is 6.42. The van der Waals surface area contributed by atoms with Gasteiger partial charge in [0.2, 0.25) is 0 Å². The number of aryl methyl sites for hydroxylation is 2. The van der Waals surface area contributed by atoms with Crippen LogP contribution in [0.4, 0.5) is 0 Å². The Morgan fingerprint density at radius 1 is 0.613 bits per heavy atom. The van der Waals surface area contributed by atoms with E-state index in [9.17, 15) is 16.8 Å². The maximum Gasteiger partial charge on any atom is 0.297 e. The Kier molecular flexibility index (Phi) is 6.27. The summed E-state index contributed by atoms with van der Waals surface area (Å²) in [6.07, 6.45) is 2.46. The molecule has 0 heterocycles. The molecule has 0 unspecified atom stereocenters. The van der Waals surface area contributed by atoms with Gasteiger partial charge in [-0.1, -0.05) is 35.4 Å². The van der Waals surface area contributed by atoms with Crippen LogP contribution in [0.25, 0.3) is 0 Å². The smallest absolute Gasteiger partial charge is 0.263 e. The zero-order chi connectivity index (χ0) is 22.2. The first-order valence-corrected chi connectivity index (χ1v) is 13.5. The minimum Gasteiger partial charge on any atom is -0.263 e. The second-order valence-corrected chi connectivity index (χ2v) is 11.9. The van der Waals surface area contributed by atoms with Crippen molar-refractivity contribution in [2.24, 2.45) is 11.8 Å². The molecule has 4 rings (SSSR count). The van der Waals surface area contributed by atoms with E-state index in [-0.39, 0.29) is 33.8 Å². The summed E-state index contributed by atoms with van der Waals surface area (Å²) in [6.45, 7) is 3.80. The predicted octanol–water partition coefficient (Wildman–Crippen LogP) is 4.36. The summed E-state index contributed by atoms with van der Waals surface area (Å²) in [5.74, 6) is 0.168. The first-order chi connectivity index (χ1) is 14.6. The standard InChI is InChI=1S/C23H28O6S2/c1-16-3-9-20(10-4-16)30(24,25)28-22-13-7-19-15-18(22)8-14-23(19)29-31(26,27)21-11-5-17(2)6-12-21/h3-6,9-12,18-19,22-23H,7-8,13-15H2,1-2H3/t18-,19+,22-,23+. The van der Waals surface area contributed by atoms with Gasteiger partial charge in [-0.2, -0.15) is 16.8 Å². The molecule has 31 heavy (non-hydrogen) atoms. The van der Waals surface area contributed by atoms with Crippen molar-refractivity contribution in [1.29, 1.82) is 0 Å². The van der Waals surface area contributed by atoms with Crippen molar-refractivity contribution < 1.29 is 25.2 Å². The zero-order valence-corrected chi connectivity index (χ0v) is 19.4. The molecule has 0 saturated heterocycles. The van der Waals surface area contributed by atoms with Crippen LogP contribution in [0.5, 0.6) is 0 Å². The SMILES string of the molecule is Cc1ccc(S(=O)(=O)O[C@H]2CC[C@@H]3C[C@@H]2CC[C@H]3OS(=O)(=O)c2ccc(C)cc2)cc1. The van der Waals surface area contributed by atoms with E-state index in [1.165, 1.54) is 0 Å². The van der Waals surface area contributed by atoms with E-state index in [0.717, 1.165) is 11.1 Å². The van der Waals surface area contributed by atoms with Crippen LogP contribution in [0.3, 0.4) is 0 Å². The van der Waals surface area contributed by atoms with Crippen LogP contribution in [0.2, 0.25) is 0 Å². The molecular formula is C23H28O6S2. The van der Waals surface area contributed by atoms with Gasteiger partial charge in [-0.05, 0) is 82.1 Å². The predicted molar refractivity (Wildman–Crippen MR) is 117 cm³/mol. The van der Waals surface area contributed by atoms with E-state index in [0.29, 0.717) is 32.1 Å². The van der Waals surface area contributed by atoms with Gasteiger partial charge in [0.15, 0.2) is 0 Å². The molecule has 2 aromatic rings. The highest BCUT2D eigenvalue weighted by atomic mass is 32.2. The summed E-state index contributed by atoms with van der Waals surface area (Å²) >= 11 is 0. The Hall–Kier alpha value is -1.74. The maximum atomic E-state index is 12.7. The third kappa shape index (κ3) is 5.03. The largest absolute Gasteiger partial charge is 0.297 e. The molecule has 2 aliphatic carbocycles. The highest BCUT2D eigenvalue weighted by molar-refractivity contribution is 7.87. The molecule has 8 heteroatoms. The van der Waals surface area contributed by atoms with E-state index < -0.39 is 20.2 Å². The monoisotopic (exact) mass is 464 g/mol. The van der Waals surface area contributed by atoms with E-state index >= 15 is 0 Å². The molecular weight excluding hydrogens is 436 g/mol. The lowest BCUT2D eigenvalue weighted by atomic mass is 9.69. The molecule has 2 aromatic carbocycles. The van der Waals surface area contributed by atoms with E-state index in [2.05, 4.69) is 0 Å². The zero-order valence-electron chi connectivity index (χ0n) is 17.7. The first kappa shape index (κ1) is 22.5. The highest BCUT2D eigenvalue weighted by Gasteiger charge is 2.43. The van der Waals surface area contributed by atoms with Crippen molar-refractivity contribution in [3.05, 3.63) is 59.7 Å². The van der Waals surface area contributed by atoms with Crippen LogP contribution in [-0.2, 0) is 28.6 Å². The van der Waals surface area contributed by atoms with E-state index in [4.69, 9.17) is 8.37 Å². The molecule has 168 valence electrons. The molecule has 2 aliphatic rings. The van der Waals surface area contributed by atoms with Crippen LogP contribution in [-0.4, -0.2) is 29.0 Å². The van der Waals surface area contributed by atoms with Crippen molar-refractivity contribution >= 4 is 20.2 Å². The van der Waals surface area contributed by atoms with Crippen LogP contribution in [0.15, 0.2) is 58.3 Å². The molecule has 2 bridgehead atoms. The molecule has 2 saturated carbocycles. The van der Waals surface area contributed by atoms with Crippen molar-refractivity contribution in [3.63, 3.8) is 0 Å². The Morgan fingerprint density at radius 3 is 1.32 bits per heavy atom. The van der Waals surface area contributed by atoms with Crippen LogP contribution in [0.1, 0.15) is 43.2 Å². The first-order valence-electron chi connectivity index (χ1n) is 10.6. The number of fused-ring (bicyclic) bond motifs is 2. The van der Waals surface area contributed by atoms with Crippen LogP contribution in [0, 0.1) is 25.7 Å². The summed E-state index contributed by atoms with van der Waals surface area (Å²) in [7, 11) is -7.64. The normalized spacial score (nSPS) is 26.5. The molecule has 4 atom stereocenters. The number of rotatable bonds is 6. The van der Waals surface area contributed by atoms with Crippen molar-refractivity contribution in [3.8, 4) is 0 Å². The summed E-state index contributed by atoms with van der Waals surface area (Å²) in [4.78, 5) is 0.336. The Balaban J connectivity index is 1.40. The fourth-order valence-electron chi connectivity index (χ4n) is 4.63. The summed E-state index contributed by atoms with van der Waals surface area (Å²) in [5, 5.41) is 0. The second-order valence-electron chi connectivity index (χ2n) is 8.71. The molecule has 6 nitrogen and oxygen atoms in total. The van der Waals surface area contributed by atoms with E-state index in [1.807, 2.05) is 13.8 Å². The van der Waals surface area contributed by atoms with E-state index in [1.54, 1.807) is 48.5 Å². The minimum atomic E-state index is -3.82. The third-order valence-corrected chi connectivity index (χ3v) is 9.12. The maximum absolute atomic E-state index is 12.7. The molecule has 2 fully saturated rings. The summed E-state index contributed by atoms with van der Waals surface area (Å²) in [6, 6.07) is 13.3. The van der Waals surface area contributed by atoms with Crippen LogP contribution >= 0.6 is 0 Å². The molecule has 0 aliphatic heterocycles. The fraction of sp³-hybridized carbons (Fsp3) is 0.478. The quantitative estimate of drug-likeness (QED) is 0.591. The molecule has 0 aromatic heterocycles. The van der Waals surface area contributed by atoms with Gasteiger partial charge < -0.3 is 0 Å². The molecule has 0 N–H and O–H groups in total. The average Bonchev–Trinajstić information content (AvgIpc) is 2.72.